The van der Waals surface area contributed by atoms with E-state index < -0.39 is 18.3 Å². The summed E-state index contributed by atoms with van der Waals surface area (Å²) in [6, 6.07) is 12.0. The standard InChI is InChI=1S/C13H10F2O2S/c14-13(15,8-12(16)17)11-7-6-10(18-11)9-4-2-1-3-5-9/h1-7H,8H2,(H,16,17). The van der Waals surface area contributed by atoms with Crippen LogP contribution in [0.1, 0.15) is 11.3 Å². The normalized spacial score (nSPS) is 11.4. The third-order valence-electron chi connectivity index (χ3n) is 2.40. The van der Waals surface area contributed by atoms with Gasteiger partial charge in [0.05, 0.1) is 4.88 Å². The Bertz CT molecular complexity index is 549. The van der Waals surface area contributed by atoms with Crippen LogP contribution >= 0.6 is 11.3 Å². The summed E-state index contributed by atoms with van der Waals surface area (Å²) < 4.78 is 27.1. The fraction of sp³-hybridized carbons (Fsp3) is 0.154. The van der Waals surface area contributed by atoms with Crippen molar-refractivity contribution < 1.29 is 18.7 Å². The largest absolute Gasteiger partial charge is 0.481 e. The molecule has 2 rings (SSSR count). The molecular weight excluding hydrogens is 258 g/mol. The maximum Gasteiger partial charge on any atom is 0.309 e. The van der Waals surface area contributed by atoms with E-state index in [4.69, 9.17) is 5.11 Å². The number of carbonyl (C=O) groups is 1. The summed E-state index contributed by atoms with van der Waals surface area (Å²) in [6.45, 7) is 0. The fourth-order valence-corrected chi connectivity index (χ4v) is 2.55. The Kier molecular flexibility index (Phi) is 3.43. The second-order valence-electron chi connectivity index (χ2n) is 3.80. The lowest BCUT2D eigenvalue weighted by Crippen LogP contribution is -2.16. The van der Waals surface area contributed by atoms with Crippen LogP contribution in [-0.4, -0.2) is 11.1 Å². The summed E-state index contributed by atoms with van der Waals surface area (Å²) in [5, 5.41) is 8.46. The number of hydrogen-bond acceptors (Lipinski definition) is 2. The Morgan fingerprint density at radius 1 is 1.17 bits per heavy atom. The number of carboxylic acids is 1. The first kappa shape index (κ1) is 12.7. The van der Waals surface area contributed by atoms with E-state index in [0.29, 0.717) is 4.88 Å². The first-order chi connectivity index (χ1) is 8.49. The van der Waals surface area contributed by atoms with E-state index in [1.54, 1.807) is 6.07 Å². The van der Waals surface area contributed by atoms with Gasteiger partial charge < -0.3 is 5.11 Å². The van der Waals surface area contributed by atoms with Crippen molar-refractivity contribution >= 4 is 17.3 Å². The van der Waals surface area contributed by atoms with Crippen molar-refractivity contribution in [2.75, 3.05) is 0 Å². The van der Waals surface area contributed by atoms with Gasteiger partial charge in [-0.05, 0) is 17.7 Å². The first-order valence-electron chi connectivity index (χ1n) is 5.24. The molecule has 0 bridgehead atoms. The molecule has 1 N–H and O–H groups in total. The molecule has 18 heavy (non-hydrogen) atoms. The molecule has 0 unspecified atom stereocenters. The van der Waals surface area contributed by atoms with Crippen molar-refractivity contribution in [2.24, 2.45) is 0 Å². The number of alkyl halides is 2. The molecule has 1 heterocycles. The van der Waals surface area contributed by atoms with Crippen LogP contribution in [0, 0.1) is 0 Å². The molecule has 0 aliphatic carbocycles. The maximum absolute atomic E-state index is 13.6. The predicted octanol–water partition coefficient (Wildman–Crippen LogP) is 3.98. The van der Waals surface area contributed by atoms with E-state index in [9.17, 15) is 13.6 Å². The quantitative estimate of drug-likeness (QED) is 0.910. The second kappa shape index (κ2) is 4.86. The van der Waals surface area contributed by atoms with Gasteiger partial charge in [-0.3, -0.25) is 4.79 Å². The van der Waals surface area contributed by atoms with E-state index in [1.807, 2.05) is 30.3 Å². The lowest BCUT2D eigenvalue weighted by atomic mass is 10.2. The van der Waals surface area contributed by atoms with E-state index in [-0.39, 0.29) is 4.88 Å². The number of thiophene rings is 1. The Labute approximate surface area is 107 Å². The highest BCUT2D eigenvalue weighted by Crippen LogP contribution is 2.39. The molecule has 1 aromatic carbocycles. The molecule has 0 aliphatic heterocycles. The molecule has 2 aromatic rings. The predicted molar refractivity (Wildman–Crippen MR) is 65.9 cm³/mol. The summed E-state index contributed by atoms with van der Waals surface area (Å²) >= 11 is 0.922. The van der Waals surface area contributed by atoms with E-state index in [0.717, 1.165) is 16.9 Å². The summed E-state index contributed by atoms with van der Waals surface area (Å²) in [6.07, 6.45) is -1.18. The molecule has 0 fully saturated rings. The van der Waals surface area contributed by atoms with Gasteiger partial charge >= 0.3 is 5.97 Å². The number of carboxylic acid groups (broad SMARTS) is 1. The summed E-state index contributed by atoms with van der Waals surface area (Å²) in [5.41, 5.74) is 0.847. The maximum atomic E-state index is 13.6. The molecule has 0 atom stereocenters. The Balaban J connectivity index is 2.28. The van der Waals surface area contributed by atoms with Crippen LogP contribution in [0.3, 0.4) is 0 Å². The monoisotopic (exact) mass is 268 g/mol. The third kappa shape index (κ3) is 2.73. The molecule has 5 heteroatoms. The number of aliphatic carboxylic acids is 1. The van der Waals surface area contributed by atoms with E-state index in [2.05, 4.69) is 0 Å². The zero-order valence-corrected chi connectivity index (χ0v) is 10.1. The van der Waals surface area contributed by atoms with Crippen LogP contribution in [0.2, 0.25) is 0 Å². The highest BCUT2D eigenvalue weighted by atomic mass is 32.1. The minimum atomic E-state index is -3.32. The van der Waals surface area contributed by atoms with E-state index >= 15 is 0 Å². The molecule has 0 amide bonds. The van der Waals surface area contributed by atoms with Gasteiger partial charge in [-0.2, -0.15) is 8.78 Å². The third-order valence-corrected chi connectivity index (χ3v) is 3.64. The van der Waals surface area contributed by atoms with Crippen molar-refractivity contribution in [1.29, 1.82) is 0 Å². The molecule has 0 spiro atoms. The van der Waals surface area contributed by atoms with Crippen molar-refractivity contribution in [3.05, 3.63) is 47.3 Å². The molecule has 0 radical (unpaired) electrons. The average molecular weight is 268 g/mol. The summed E-state index contributed by atoms with van der Waals surface area (Å²) in [5.74, 6) is -4.82. The molecular formula is C13H10F2O2S. The van der Waals surface area contributed by atoms with Gasteiger partial charge in [0.1, 0.15) is 6.42 Å². The van der Waals surface area contributed by atoms with Crippen LogP contribution in [0.4, 0.5) is 8.78 Å². The number of benzene rings is 1. The van der Waals surface area contributed by atoms with Crippen molar-refractivity contribution in [3.63, 3.8) is 0 Å². The molecule has 0 aliphatic rings. The van der Waals surface area contributed by atoms with Crippen LogP contribution in [0.5, 0.6) is 0 Å². The molecule has 0 saturated carbocycles. The number of halogens is 2. The smallest absolute Gasteiger partial charge is 0.309 e. The number of rotatable bonds is 4. The second-order valence-corrected chi connectivity index (χ2v) is 4.89. The topological polar surface area (TPSA) is 37.3 Å². The van der Waals surface area contributed by atoms with Gasteiger partial charge in [-0.25, -0.2) is 0 Å². The molecule has 0 saturated heterocycles. The Hall–Kier alpha value is -1.75. The van der Waals surface area contributed by atoms with Gasteiger partial charge in [0.15, 0.2) is 0 Å². The molecule has 2 nitrogen and oxygen atoms in total. The SMILES string of the molecule is O=C(O)CC(F)(F)c1ccc(-c2ccccc2)s1. The van der Waals surface area contributed by atoms with Gasteiger partial charge in [-0.1, -0.05) is 30.3 Å². The first-order valence-corrected chi connectivity index (χ1v) is 6.06. The lowest BCUT2D eigenvalue weighted by molar-refractivity contribution is -0.145. The van der Waals surface area contributed by atoms with Gasteiger partial charge in [0.2, 0.25) is 0 Å². The minimum Gasteiger partial charge on any atom is -0.481 e. The van der Waals surface area contributed by atoms with E-state index in [1.165, 1.54) is 6.07 Å². The van der Waals surface area contributed by atoms with Gasteiger partial charge in [0, 0.05) is 4.88 Å². The van der Waals surface area contributed by atoms with Crippen molar-refractivity contribution in [3.8, 4) is 10.4 Å². The highest BCUT2D eigenvalue weighted by molar-refractivity contribution is 7.15. The molecule has 1 aromatic heterocycles. The van der Waals surface area contributed by atoms with Crippen molar-refractivity contribution in [1.82, 2.24) is 0 Å². The molecule has 94 valence electrons. The minimum absolute atomic E-state index is 0.219. The highest BCUT2D eigenvalue weighted by Gasteiger charge is 2.36. The summed E-state index contributed by atoms with van der Waals surface area (Å²) in [4.78, 5) is 10.9. The zero-order chi connectivity index (χ0) is 13.2. The van der Waals surface area contributed by atoms with Gasteiger partial charge in [-0.15, -0.1) is 11.3 Å². The lowest BCUT2D eigenvalue weighted by Gasteiger charge is -2.11. The van der Waals surface area contributed by atoms with Gasteiger partial charge in [0.25, 0.3) is 5.92 Å². The van der Waals surface area contributed by atoms with Crippen LogP contribution in [-0.2, 0) is 10.7 Å². The van der Waals surface area contributed by atoms with Crippen LogP contribution in [0.25, 0.3) is 10.4 Å². The van der Waals surface area contributed by atoms with Crippen LogP contribution < -0.4 is 0 Å². The zero-order valence-electron chi connectivity index (χ0n) is 9.27. The number of hydrogen-bond donors (Lipinski definition) is 1. The Morgan fingerprint density at radius 2 is 1.83 bits per heavy atom. The van der Waals surface area contributed by atoms with Crippen molar-refractivity contribution in [2.45, 2.75) is 12.3 Å². The fourth-order valence-electron chi connectivity index (χ4n) is 1.57. The summed E-state index contributed by atoms with van der Waals surface area (Å²) in [7, 11) is 0. The average Bonchev–Trinajstić information content (AvgIpc) is 2.78. The Morgan fingerprint density at radius 3 is 2.44 bits per heavy atom. The van der Waals surface area contributed by atoms with Crippen LogP contribution in [0.15, 0.2) is 42.5 Å².